The third-order valence-electron chi connectivity index (χ3n) is 4.97. The molecule has 0 saturated carbocycles. The Morgan fingerprint density at radius 2 is 2.33 bits per heavy atom. The summed E-state index contributed by atoms with van der Waals surface area (Å²) < 4.78 is 11.2. The largest absolute Gasteiger partial charge is 0.469 e. The predicted octanol–water partition coefficient (Wildman–Crippen LogP) is 2.85. The normalized spacial score (nSPS) is 25.0. The van der Waals surface area contributed by atoms with Crippen LogP contribution in [0.15, 0.2) is 40.5 Å². The number of piperidine rings is 1. The predicted molar refractivity (Wildman–Crippen MR) is 96.2 cm³/mol. The van der Waals surface area contributed by atoms with Crippen molar-refractivity contribution in [2.45, 2.75) is 32.1 Å². The number of aliphatic imine (C=N–C) groups is 1. The van der Waals surface area contributed by atoms with E-state index in [1.807, 2.05) is 18.2 Å². The van der Waals surface area contributed by atoms with E-state index in [-0.39, 0.29) is 0 Å². The lowest BCUT2D eigenvalue weighted by molar-refractivity contribution is -0.0370. The van der Waals surface area contributed by atoms with Crippen LogP contribution in [0.5, 0.6) is 0 Å². The number of furan rings is 1. The Bertz CT molecular complexity index is 527. The fourth-order valence-corrected chi connectivity index (χ4v) is 3.78. The van der Waals surface area contributed by atoms with E-state index < -0.39 is 0 Å². The number of nitrogens with zero attached hydrogens (tertiary/aromatic N) is 2. The minimum Gasteiger partial charge on any atom is -0.469 e. The topological polar surface area (TPSA) is 50.0 Å². The van der Waals surface area contributed by atoms with Crippen molar-refractivity contribution < 1.29 is 9.15 Å². The third-order valence-corrected chi connectivity index (χ3v) is 4.97. The summed E-state index contributed by atoms with van der Waals surface area (Å²) in [6.45, 7) is 9.19. The number of hydrogen-bond donors (Lipinski definition) is 1. The Balaban J connectivity index is 1.63. The smallest absolute Gasteiger partial charge is 0.194 e. The van der Waals surface area contributed by atoms with Crippen molar-refractivity contribution in [3.8, 4) is 0 Å². The van der Waals surface area contributed by atoms with Crippen molar-refractivity contribution in [3.63, 3.8) is 0 Å². The maximum absolute atomic E-state index is 5.79. The van der Waals surface area contributed by atoms with E-state index in [0.29, 0.717) is 5.41 Å². The molecular weight excluding hydrogens is 302 g/mol. The fourth-order valence-electron chi connectivity index (χ4n) is 3.78. The van der Waals surface area contributed by atoms with Gasteiger partial charge in [-0.25, -0.2) is 0 Å². The Hall–Kier alpha value is -1.75. The molecule has 0 aliphatic carbocycles. The van der Waals surface area contributed by atoms with Gasteiger partial charge in [-0.1, -0.05) is 6.08 Å². The average Bonchev–Trinajstić information content (AvgIpc) is 3.12. The van der Waals surface area contributed by atoms with Crippen molar-refractivity contribution in [2.75, 3.05) is 39.4 Å². The van der Waals surface area contributed by atoms with Gasteiger partial charge in [0.1, 0.15) is 5.76 Å². The zero-order valence-electron chi connectivity index (χ0n) is 14.5. The van der Waals surface area contributed by atoms with Gasteiger partial charge in [-0.2, -0.15) is 0 Å². The molecule has 5 heteroatoms. The number of ether oxygens (including phenoxy) is 1. The van der Waals surface area contributed by atoms with Crippen molar-refractivity contribution in [1.82, 2.24) is 10.2 Å². The number of likely N-dealkylation sites (tertiary alicyclic amines) is 1. The van der Waals surface area contributed by atoms with Crippen LogP contribution in [0.2, 0.25) is 0 Å². The molecule has 0 bridgehead atoms. The van der Waals surface area contributed by atoms with Crippen molar-refractivity contribution in [1.29, 1.82) is 0 Å². The maximum atomic E-state index is 5.79. The summed E-state index contributed by atoms with van der Waals surface area (Å²) >= 11 is 0. The standard InChI is InChI=1S/C19H29N3O2/c1-2-10-20-18(21-11-7-17-6-3-14-24-17)22-12-4-8-19(15-22)9-5-13-23-16-19/h2-3,6,14H,1,4-5,7-13,15-16H2,(H,20,21). The lowest BCUT2D eigenvalue weighted by Gasteiger charge is -2.45. The highest BCUT2D eigenvalue weighted by Gasteiger charge is 2.38. The summed E-state index contributed by atoms with van der Waals surface area (Å²) in [6, 6.07) is 3.93. The molecule has 2 fully saturated rings. The van der Waals surface area contributed by atoms with Crippen LogP contribution in [0.4, 0.5) is 0 Å². The molecule has 0 amide bonds. The van der Waals surface area contributed by atoms with E-state index in [2.05, 4.69) is 16.8 Å². The van der Waals surface area contributed by atoms with Crippen LogP contribution in [-0.2, 0) is 11.2 Å². The van der Waals surface area contributed by atoms with Gasteiger partial charge in [-0.3, -0.25) is 4.99 Å². The molecule has 5 nitrogen and oxygen atoms in total. The number of nitrogens with one attached hydrogen (secondary N) is 1. The second-order valence-corrected chi connectivity index (χ2v) is 6.89. The first-order valence-electron chi connectivity index (χ1n) is 9.06. The molecule has 1 spiro atoms. The van der Waals surface area contributed by atoms with E-state index in [0.717, 1.165) is 57.5 Å². The summed E-state index contributed by atoms with van der Waals surface area (Å²) in [5.41, 5.74) is 0.314. The van der Waals surface area contributed by atoms with Crippen molar-refractivity contribution >= 4 is 5.96 Å². The molecule has 1 N–H and O–H groups in total. The number of rotatable bonds is 5. The van der Waals surface area contributed by atoms with E-state index in [1.54, 1.807) is 6.26 Å². The molecule has 2 aliphatic heterocycles. The van der Waals surface area contributed by atoms with Crippen LogP contribution in [0.25, 0.3) is 0 Å². The lowest BCUT2D eigenvalue weighted by atomic mass is 9.76. The molecule has 2 aliphatic rings. The van der Waals surface area contributed by atoms with Crippen LogP contribution in [0.1, 0.15) is 31.4 Å². The highest BCUT2D eigenvalue weighted by atomic mass is 16.5. The van der Waals surface area contributed by atoms with E-state index in [4.69, 9.17) is 14.1 Å². The number of hydrogen-bond acceptors (Lipinski definition) is 3. The summed E-state index contributed by atoms with van der Waals surface area (Å²) in [4.78, 5) is 7.23. The quantitative estimate of drug-likeness (QED) is 0.512. The van der Waals surface area contributed by atoms with E-state index in [9.17, 15) is 0 Å². The molecule has 0 radical (unpaired) electrons. The first-order valence-corrected chi connectivity index (χ1v) is 9.06. The summed E-state index contributed by atoms with van der Waals surface area (Å²) in [7, 11) is 0. The first-order chi connectivity index (χ1) is 11.8. The highest BCUT2D eigenvalue weighted by Crippen LogP contribution is 2.37. The second kappa shape index (κ2) is 8.38. The van der Waals surface area contributed by atoms with Gasteiger partial charge >= 0.3 is 0 Å². The zero-order valence-corrected chi connectivity index (χ0v) is 14.5. The van der Waals surface area contributed by atoms with Gasteiger partial charge in [0.05, 0.1) is 12.9 Å². The van der Waals surface area contributed by atoms with Crippen LogP contribution < -0.4 is 5.32 Å². The Labute approximate surface area is 144 Å². The minimum atomic E-state index is 0.314. The molecule has 3 rings (SSSR count). The second-order valence-electron chi connectivity index (χ2n) is 6.89. The summed E-state index contributed by atoms with van der Waals surface area (Å²) in [5, 5.41) is 3.43. The summed E-state index contributed by atoms with van der Waals surface area (Å²) in [6.07, 6.45) is 9.34. The Morgan fingerprint density at radius 1 is 1.42 bits per heavy atom. The molecule has 1 atom stereocenters. The van der Waals surface area contributed by atoms with Gasteiger partial charge in [0.2, 0.25) is 0 Å². The van der Waals surface area contributed by atoms with Crippen molar-refractivity contribution in [2.24, 2.45) is 10.4 Å². The van der Waals surface area contributed by atoms with Gasteiger partial charge in [-0.05, 0) is 37.8 Å². The van der Waals surface area contributed by atoms with E-state index >= 15 is 0 Å². The monoisotopic (exact) mass is 331 g/mol. The zero-order chi connectivity index (χ0) is 16.7. The molecule has 2 saturated heterocycles. The third kappa shape index (κ3) is 4.41. The molecular formula is C19H29N3O2. The van der Waals surface area contributed by atoms with Crippen LogP contribution in [0, 0.1) is 5.41 Å². The van der Waals surface area contributed by atoms with Crippen LogP contribution in [0.3, 0.4) is 0 Å². The molecule has 3 heterocycles. The van der Waals surface area contributed by atoms with Gasteiger partial charge in [0.25, 0.3) is 0 Å². The van der Waals surface area contributed by atoms with Crippen molar-refractivity contribution in [3.05, 3.63) is 36.8 Å². The molecule has 132 valence electrons. The molecule has 0 aromatic carbocycles. The molecule has 1 aromatic rings. The lowest BCUT2D eigenvalue weighted by Crippen LogP contribution is -2.53. The Kier molecular flexibility index (Phi) is 5.96. The van der Waals surface area contributed by atoms with Gasteiger partial charge < -0.3 is 19.4 Å². The van der Waals surface area contributed by atoms with E-state index in [1.165, 1.54) is 25.7 Å². The van der Waals surface area contributed by atoms with Crippen LogP contribution in [-0.4, -0.2) is 50.3 Å². The molecule has 1 aromatic heterocycles. The average molecular weight is 331 g/mol. The maximum Gasteiger partial charge on any atom is 0.194 e. The fraction of sp³-hybridized carbons (Fsp3) is 0.632. The van der Waals surface area contributed by atoms with Gasteiger partial charge in [0.15, 0.2) is 5.96 Å². The summed E-state index contributed by atoms with van der Waals surface area (Å²) in [5.74, 6) is 1.98. The Morgan fingerprint density at radius 3 is 3.08 bits per heavy atom. The highest BCUT2D eigenvalue weighted by molar-refractivity contribution is 5.80. The first kappa shape index (κ1) is 17.1. The van der Waals surface area contributed by atoms with Gasteiger partial charge in [0, 0.05) is 44.6 Å². The number of guanidine groups is 1. The molecule has 24 heavy (non-hydrogen) atoms. The van der Waals surface area contributed by atoms with Crippen LogP contribution >= 0.6 is 0 Å². The van der Waals surface area contributed by atoms with Gasteiger partial charge in [-0.15, -0.1) is 6.58 Å². The molecule has 1 unspecified atom stereocenters. The SMILES string of the molecule is C=CCNC(=NCCc1ccco1)N1CCCC2(CCCOC2)C1. The minimum absolute atomic E-state index is 0.314.